The average Bonchev–Trinajstić information content (AvgIpc) is 2.70. The van der Waals surface area contributed by atoms with E-state index in [0.29, 0.717) is 6.54 Å². The Morgan fingerprint density at radius 3 is 2.39 bits per heavy atom. The van der Waals surface area contributed by atoms with Gasteiger partial charge in [-0.15, -0.1) is 0 Å². The molecule has 1 heterocycles. The molecule has 1 fully saturated rings. The van der Waals surface area contributed by atoms with E-state index in [4.69, 9.17) is 10.5 Å². The normalized spacial score (nSPS) is 18.6. The molecule has 1 rings (SSSR count). The molecule has 96 valence electrons. The summed E-state index contributed by atoms with van der Waals surface area (Å²) in [5.74, 6) is -0.756. The number of amides is 2. The minimum atomic E-state index is -0.429. The summed E-state index contributed by atoms with van der Waals surface area (Å²) in [6, 6.07) is 3.78. The van der Waals surface area contributed by atoms with Crippen molar-refractivity contribution in [2.45, 2.75) is 26.3 Å². The number of nitriles is 2. The zero-order valence-electron chi connectivity index (χ0n) is 10.6. The first-order valence-electron chi connectivity index (χ1n) is 5.83. The van der Waals surface area contributed by atoms with Gasteiger partial charge >= 0.3 is 0 Å². The zero-order valence-corrected chi connectivity index (χ0v) is 10.6. The number of rotatable bonds is 4. The summed E-state index contributed by atoms with van der Waals surface area (Å²) in [4.78, 5) is 26.6. The van der Waals surface area contributed by atoms with E-state index >= 15 is 0 Å². The third kappa shape index (κ3) is 2.98. The molecule has 1 saturated heterocycles. The van der Waals surface area contributed by atoms with E-state index in [1.165, 1.54) is 4.90 Å². The fourth-order valence-corrected chi connectivity index (χ4v) is 2.04. The summed E-state index contributed by atoms with van der Waals surface area (Å²) in [7, 11) is 0. The zero-order chi connectivity index (χ0) is 13.7. The summed E-state index contributed by atoms with van der Waals surface area (Å²) in [6.07, 6.45) is 0.171. The van der Waals surface area contributed by atoms with Crippen LogP contribution in [0.5, 0.6) is 0 Å². The SMILES string of the molecule is CC(C)N1C[C@@H](C(=O)N(CC#N)CC#N)CC1=O. The molecule has 6 nitrogen and oxygen atoms in total. The van der Waals surface area contributed by atoms with Gasteiger partial charge in [-0.3, -0.25) is 9.59 Å². The van der Waals surface area contributed by atoms with Crippen LogP contribution in [0, 0.1) is 28.6 Å². The topological polar surface area (TPSA) is 88.2 Å². The van der Waals surface area contributed by atoms with E-state index in [-0.39, 0.29) is 37.4 Å². The van der Waals surface area contributed by atoms with Crippen LogP contribution in [0.1, 0.15) is 20.3 Å². The van der Waals surface area contributed by atoms with Crippen LogP contribution in [-0.4, -0.2) is 47.3 Å². The minimum absolute atomic E-state index is 0.0442. The van der Waals surface area contributed by atoms with Crippen molar-refractivity contribution >= 4 is 11.8 Å². The first-order chi connectivity index (χ1) is 8.51. The molecule has 0 radical (unpaired) electrons. The van der Waals surface area contributed by atoms with Gasteiger partial charge < -0.3 is 9.80 Å². The van der Waals surface area contributed by atoms with Crippen molar-refractivity contribution in [3.63, 3.8) is 0 Å². The first-order valence-corrected chi connectivity index (χ1v) is 5.83. The molecule has 0 unspecified atom stereocenters. The van der Waals surface area contributed by atoms with Crippen molar-refractivity contribution in [1.29, 1.82) is 10.5 Å². The second-order valence-corrected chi connectivity index (χ2v) is 4.55. The van der Waals surface area contributed by atoms with Crippen LogP contribution in [-0.2, 0) is 9.59 Å². The lowest BCUT2D eigenvalue weighted by Crippen LogP contribution is -2.39. The van der Waals surface area contributed by atoms with E-state index in [9.17, 15) is 9.59 Å². The number of nitrogens with zero attached hydrogens (tertiary/aromatic N) is 4. The lowest BCUT2D eigenvalue weighted by molar-refractivity contribution is -0.134. The Labute approximate surface area is 106 Å². The maximum Gasteiger partial charge on any atom is 0.229 e. The number of likely N-dealkylation sites (tertiary alicyclic amines) is 1. The molecule has 0 aliphatic carbocycles. The molecule has 0 saturated carbocycles. The summed E-state index contributed by atoms with van der Waals surface area (Å²) in [6.45, 7) is 3.94. The lowest BCUT2D eigenvalue weighted by atomic mass is 10.1. The highest BCUT2D eigenvalue weighted by Gasteiger charge is 2.37. The summed E-state index contributed by atoms with van der Waals surface area (Å²) >= 11 is 0. The highest BCUT2D eigenvalue weighted by Crippen LogP contribution is 2.21. The van der Waals surface area contributed by atoms with E-state index in [1.807, 2.05) is 26.0 Å². The Morgan fingerprint density at radius 2 is 2.00 bits per heavy atom. The predicted octanol–water partition coefficient (Wildman–Crippen LogP) is 0.119. The molecule has 1 aliphatic rings. The maximum absolute atomic E-state index is 12.1. The van der Waals surface area contributed by atoms with Crippen LogP contribution < -0.4 is 0 Å². The number of carbonyl (C=O) groups is 2. The van der Waals surface area contributed by atoms with Crippen LogP contribution in [0.15, 0.2) is 0 Å². The molecule has 0 bridgehead atoms. The average molecular weight is 248 g/mol. The summed E-state index contributed by atoms with van der Waals surface area (Å²) < 4.78 is 0. The van der Waals surface area contributed by atoms with Gasteiger partial charge in [0.25, 0.3) is 0 Å². The number of hydrogen-bond donors (Lipinski definition) is 0. The predicted molar refractivity (Wildman–Crippen MR) is 62.8 cm³/mol. The van der Waals surface area contributed by atoms with Gasteiger partial charge in [-0.05, 0) is 13.8 Å². The van der Waals surface area contributed by atoms with E-state index in [2.05, 4.69) is 0 Å². The minimum Gasteiger partial charge on any atom is -0.339 e. The van der Waals surface area contributed by atoms with Gasteiger partial charge in [0.05, 0.1) is 18.1 Å². The van der Waals surface area contributed by atoms with Crippen LogP contribution >= 0.6 is 0 Å². The molecule has 0 N–H and O–H groups in total. The smallest absolute Gasteiger partial charge is 0.229 e. The van der Waals surface area contributed by atoms with Crippen molar-refractivity contribution in [2.75, 3.05) is 19.6 Å². The van der Waals surface area contributed by atoms with Crippen LogP contribution in [0.3, 0.4) is 0 Å². The van der Waals surface area contributed by atoms with Crippen LogP contribution in [0.2, 0.25) is 0 Å². The molecule has 1 atom stereocenters. The molecule has 0 aromatic rings. The monoisotopic (exact) mass is 248 g/mol. The number of carbonyl (C=O) groups excluding carboxylic acids is 2. The van der Waals surface area contributed by atoms with Crippen molar-refractivity contribution in [3.05, 3.63) is 0 Å². The van der Waals surface area contributed by atoms with Crippen molar-refractivity contribution in [3.8, 4) is 12.1 Å². The molecule has 0 spiro atoms. The van der Waals surface area contributed by atoms with Gasteiger partial charge in [0, 0.05) is 19.0 Å². The third-order valence-corrected chi connectivity index (χ3v) is 2.97. The van der Waals surface area contributed by atoms with Gasteiger partial charge in [0.2, 0.25) is 11.8 Å². The van der Waals surface area contributed by atoms with E-state index in [0.717, 1.165) is 0 Å². The molecule has 0 aromatic heterocycles. The molecular formula is C12H16N4O2. The lowest BCUT2D eigenvalue weighted by Gasteiger charge is -2.22. The highest BCUT2D eigenvalue weighted by atomic mass is 16.2. The Hall–Kier alpha value is -2.08. The summed E-state index contributed by atoms with van der Waals surface area (Å²) in [5, 5.41) is 17.2. The Bertz CT molecular complexity index is 403. The molecule has 1 aliphatic heterocycles. The van der Waals surface area contributed by atoms with Crippen molar-refractivity contribution in [1.82, 2.24) is 9.80 Å². The van der Waals surface area contributed by atoms with Gasteiger partial charge in [0.15, 0.2) is 0 Å². The first kappa shape index (κ1) is 14.0. The molecule has 2 amide bonds. The van der Waals surface area contributed by atoms with E-state index < -0.39 is 5.92 Å². The third-order valence-electron chi connectivity index (χ3n) is 2.97. The second kappa shape index (κ2) is 6.02. The fourth-order valence-electron chi connectivity index (χ4n) is 2.04. The Kier molecular flexibility index (Phi) is 4.67. The van der Waals surface area contributed by atoms with Crippen molar-refractivity contribution < 1.29 is 9.59 Å². The Morgan fingerprint density at radius 1 is 1.44 bits per heavy atom. The highest BCUT2D eigenvalue weighted by molar-refractivity contribution is 5.89. The molecule has 6 heteroatoms. The maximum atomic E-state index is 12.1. The van der Waals surface area contributed by atoms with Crippen molar-refractivity contribution in [2.24, 2.45) is 5.92 Å². The second-order valence-electron chi connectivity index (χ2n) is 4.55. The van der Waals surface area contributed by atoms with Gasteiger partial charge in [-0.1, -0.05) is 0 Å². The molecular weight excluding hydrogens is 232 g/mol. The van der Waals surface area contributed by atoms with E-state index in [1.54, 1.807) is 4.90 Å². The fraction of sp³-hybridized carbons (Fsp3) is 0.667. The number of hydrogen-bond acceptors (Lipinski definition) is 4. The standard InChI is InChI=1S/C12H16N4O2/c1-9(2)16-8-10(7-11(16)17)12(18)15(5-3-13)6-4-14/h9-10H,5-8H2,1-2H3/t10-/m0/s1. The molecule has 0 aromatic carbocycles. The summed E-state index contributed by atoms with van der Waals surface area (Å²) in [5.41, 5.74) is 0. The Balaban J connectivity index is 2.71. The quantitative estimate of drug-likeness (QED) is 0.661. The van der Waals surface area contributed by atoms with Crippen LogP contribution in [0.25, 0.3) is 0 Å². The molecule has 18 heavy (non-hydrogen) atoms. The van der Waals surface area contributed by atoms with Crippen LogP contribution in [0.4, 0.5) is 0 Å². The largest absolute Gasteiger partial charge is 0.339 e. The van der Waals surface area contributed by atoms with Gasteiger partial charge in [0.1, 0.15) is 13.1 Å². The van der Waals surface area contributed by atoms with Gasteiger partial charge in [-0.25, -0.2) is 0 Å². The van der Waals surface area contributed by atoms with Gasteiger partial charge in [-0.2, -0.15) is 10.5 Å².